The number of anilines is 1. The quantitative estimate of drug-likeness (QED) is 0.428. The van der Waals surface area contributed by atoms with E-state index < -0.39 is 4.92 Å². The Morgan fingerprint density at radius 1 is 1.38 bits per heavy atom. The summed E-state index contributed by atoms with van der Waals surface area (Å²) >= 11 is 0. The van der Waals surface area contributed by atoms with Gasteiger partial charge in [0.05, 0.1) is 4.92 Å². The molecule has 0 fully saturated rings. The van der Waals surface area contributed by atoms with Crippen molar-refractivity contribution in [1.82, 2.24) is 9.88 Å². The van der Waals surface area contributed by atoms with Gasteiger partial charge in [-0.1, -0.05) is 0 Å². The van der Waals surface area contributed by atoms with Crippen LogP contribution in [0.15, 0.2) is 12.1 Å². The molecule has 8 heteroatoms. The molecule has 0 radical (unpaired) electrons. The summed E-state index contributed by atoms with van der Waals surface area (Å²) in [6, 6.07) is 3.49. The molecule has 0 saturated heterocycles. The van der Waals surface area contributed by atoms with Gasteiger partial charge in [0.1, 0.15) is 12.4 Å². The van der Waals surface area contributed by atoms with Gasteiger partial charge in [0.2, 0.25) is 0 Å². The molecule has 0 aliphatic rings. The molecule has 1 aromatic rings. The van der Waals surface area contributed by atoms with Crippen molar-refractivity contribution < 1.29 is 9.66 Å². The van der Waals surface area contributed by atoms with Gasteiger partial charge >= 0.3 is 5.69 Å². The molecule has 3 N–H and O–H groups in total. The van der Waals surface area contributed by atoms with Crippen molar-refractivity contribution in [3.63, 3.8) is 0 Å². The number of hydrogen-bond donors (Lipinski definition) is 2. The molecule has 118 valence electrons. The number of pyridine rings is 1. The van der Waals surface area contributed by atoms with Gasteiger partial charge < -0.3 is 10.2 Å². The predicted molar refractivity (Wildman–Crippen MR) is 81.2 cm³/mol. The van der Waals surface area contributed by atoms with E-state index in [1.807, 2.05) is 0 Å². The maximum absolute atomic E-state index is 11.0. The molecule has 0 amide bonds. The third kappa shape index (κ3) is 4.83. The standard InChI is InChI=1S/C13H23N5O3/c1-9(2)17(10(3)4)7-8-21-13-11(18(19)20)5-6-12(15-13)16-14/h5-6,9-10H,7-8,14H2,1-4H3,(H,15,16). The van der Waals surface area contributed by atoms with E-state index in [0.717, 1.165) is 0 Å². The normalized spacial score (nSPS) is 11.2. The zero-order valence-corrected chi connectivity index (χ0v) is 12.9. The highest BCUT2D eigenvalue weighted by atomic mass is 16.6. The fraction of sp³-hybridized carbons (Fsp3) is 0.615. The van der Waals surface area contributed by atoms with Crippen molar-refractivity contribution in [2.75, 3.05) is 18.6 Å². The topological polar surface area (TPSA) is 107 Å². The van der Waals surface area contributed by atoms with E-state index >= 15 is 0 Å². The van der Waals surface area contributed by atoms with Gasteiger partial charge in [-0.05, 0) is 33.8 Å². The Morgan fingerprint density at radius 2 is 2.00 bits per heavy atom. The van der Waals surface area contributed by atoms with Crippen molar-refractivity contribution >= 4 is 11.5 Å². The predicted octanol–water partition coefficient (Wildman–Crippen LogP) is 1.77. The highest BCUT2D eigenvalue weighted by molar-refractivity contribution is 5.48. The van der Waals surface area contributed by atoms with Gasteiger partial charge in [0.15, 0.2) is 0 Å². The average Bonchev–Trinajstić information content (AvgIpc) is 2.42. The lowest BCUT2D eigenvalue weighted by molar-refractivity contribution is -0.386. The van der Waals surface area contributed by atoms with Crippen LogP contribution in [0.1, 0.15) is 27.7 Å². The number of hydrogen-bond acceptors (Lipinski definition) is 7. The van der Waals surface area contributed by atoms with Crippen molar-refractivity contribution in [1.29, 1.82) is 0 Å². The average molecular weight is 297 g/mol. The minimum atomic E-state index is -0.523. The summed E-state index contributed by atoms with van der Waals surface area (Å²) in [7, 11) is 0. The largest absolute Gasteiger partial charge is 0.471 e. The molecule has 0 atom stereocenters. The number of nitrogens with zero attached hydrogens (tertiary/aromatic N) is 3. The summed E-state index contributed by atoms with van der Waals surface area (Å²) in [6.45, 7) is 9.37. The van der Waals surface area contributed by atoms with Crippen molar-refractivity contribution in [3.8, 4) is 5.88 Å². The lowest BCUT2D eigenvalue weighted by Gasteiger charge is -2.30. The van der Waals surface area contributed by atoms with Gasteiger partial charge in [-0.25, -0.2) is 5.84 Å². The summed E-state index contributed by atoms with van der Waals surface area (Å²) in [5, 5.41) is 11.0. The van der Waals surface area contributed by atoms with Gasteiger partial charge in [0.25, 0.3) is 5.88 Å². The molecule has 0 aromatic carbocycles. The SMILES string of the molecule is CC(C)N(CCOc1nc(NN)ccc1[N+](=O)[O-])C(C)C. The highest BCUT2D eigenvalue weighted by Gasteiger charge is 2.19. The van der Waals surface area contributed by atoms with Gasteiger partial charge in [-0.2, -0.15) is 4.98 Å². The van der Waals surface area contributed by atoms with Crippen LogP contribution in [0.5, 0.6) is 5.88 Å². The minimum absolute atomic E-state index is 0.0251. The van der Waals surface area contributed by atoms with E-state index in [1.165, 1.54) is 12.1 Å². The number of nitrogen functional groups attached to an aromatic ring is 1. The molecular weight excluding hydrogens is 274 g/mol. The zero-order valence-electron chi connectivity index (χ0n) is 12.9. The molecule has 0 saturated carbocycles. The van der Waals surface area contributed by atoms with E-state index in [-0.39, 0.29) is 11.6 Å². The van der Waals surface area contributed by atoms with E-state index in [2.05, 4.69) is 43.0 Å². The fourth-order valence-electron chi connectivity index (χ4n) is 2.12. The molecular formula is C13H23N5O3. The second kappa shape index (κ2) is 7.75. The fourth-order valence-corrected chi connectivity index (χ4v) is 2.12. The first kappa shape index (κ1) is 17.1. The number of ether oxygens (including phenoxy) is 1. The van der Waals surface area contributed by atoms with Crippen molar-refractivity contribution in [2.45, 2.75) is 39.8 Å². The molecule has 8 nitrogen and oxygen atoms in total. The molecule has 0 aliphatic heterocycles. The van der Waals surface area contributed by atoms with E-state index in [4.69, 9.17) is 10.6 Å². The Kier molecular flexibility index (Phi) is 6.32. The van der Waals surface area contributed by atoms with Crippen LogP contribution in [-0.4, -0.2) is 40.0 Å². The highest BCUT2D eigenvalue weighted by Crippen LogP contribution is 2.25. The molecule has 1 aromatic heterocycles. The van der Waals surface area contributed by atoms with Crippen LogP contribution in [0.4, 0.5) is 11.5 Å². The van der Waals surface area contributed by atoms with Crippen LogP contribution < -0.4 is 16.0 Å². The smallest absolute Gasteiger partial charge is 0.331 e. The number of aromatic nitrogens is 1. The first-order valence-electron chi connectivity index (χ1n) is 6.87. The summed E-state index contributed by atoms with van der Waals surface area (Å²) in [6.07, 6.45) is 0. The second-order valence-electron chi connectivity index (χ2n) is 5.20. The molecule has 0 bridgehead atoms. The monoisotopic (exact) mass is 297 g/mol. The Balaban J connectivity index is 2.75. The maximum Gasteiger partial charge on any atom is 0.331 e. The Morgan fingerprint density at radius 3 is 2.48 bits per heavy atom. The molecule has 21 heavy (non-hydrogen) atoms. The van der Waals surface area contributed by atoms with E-state index in [1.54, 1.807) is 0 Å². The summed E-state index contributed by atoms with van der Waals surface area (Å²) < 4.78 is 5.48. The van der Waals surface area contributed by atoms with Crippen LogP contribution in [0.3, 0.4) is 0 Å². The van der Waals surface area contributed by atoms with Crippen molar-refractivity contribution in [3.05, 3.63) is 22.2 Å². The molecule has 1 heterocycles. The van der Waals surface area contributed by atoms with E-state index in [0.29, 0.717) is 31.1 Å². The van der Waals surface area contributed by atoms with Crippen LogP contribution in [0, 0.1) is 10.1 Å². The molecule has 0 aliphatic carbocycles. The summed E-state index contributed by atoms with van der Waals surface area (Å²) in [5.74, 6) is 5.55. The third-order valence-electron chi connectivity index (χ3n) is 3.10. The van der Waals surface area contributed by atoms with Crippen LogP contribution in [-0.2, 0) is 0 Å². The molecule has 0 unspecified atom stereocenters. The van der Waals surface area contributed by atoms with Gasteiger partial charge in [-0.3, -0.25) is 15.0 Å². The minimum Gasteiger partial charge on any atom is -0.471 e. The Bertz CT molecular complexity index is 471. The maximum atomic E-state index is 11.0. The van der Waals surface area contributed by atoms with Crippen LogP contribution in [0.2, 0.25) is 0 Å². The lowest BCUT2D eigenvalue weighted by atomic mass is 10.2. The Labute approximate surface area is 124 Å². The first-order chi connectivity index (χ1) is 9.86. The number of rotatable bonds is 8. The molecule has 0 spiro atoms. The van der Waals surface area contributed by atoms with Crippen molar-refractivity contribution in [2.24, 2.45) is 5.84 Å². The number of hydrazine groups is 1. The summed E-state index contributed by atoms with van der Waals surface area (Å²) in [4.78, 5) is 16.6. The zero-order chi connectivity index (χ0) is 16.0. The number of nitrogens with two attached hydrogens (primary N) is 1. The van der Waals surface area contributed by atoms with Gasteiger partial charge in [-0.15, -0.1) is 0 Å². The first-order valence-corrected chi connectivity index (χ1v) is 6.87. The van der Waals surface area contributed by atoms with Crippen LogP contribution >= 0.6 is 0 Å². The second-order valence-corrected chi connectivity index (χ2v) is 5.20. The number of nitro groups is 1. The number of nitrogens with one attached hydrogen (secondary N) is 1. The van der Waals surface area contributed by atoms with Crippen LogP contribution in [0.25, 0.3) is 0 Å². The van der Waals surface area contributed by atoms with Gasteiger partial charge in [0, 0.05) is 24.7 Å². The molecule has 1 rings (SSSR count). The summed E-state index contributed by atoms with van der Waals surface area (Å²) in [5.41, 5.74) is 2.17. The third-order valence-corrected chi connectivity index (χ3v) is 3.10. The van der Waals surface area contributed by atoms with E-state index in [9.17, 15) is 10.1 Å². The Hall–Kier alpha value is -1.93. The lowest BCUT2D eigenvalue weighted by Crippen LogP contribution is -2.39.